The Morgan fingerprint density at radius 2 is 1.68 bits per heavy atom. The van der Waals surface area contributed by atoms with Crippen molar-refractivity contribution in [3.63, 3.8) is 0 Å². The summed E-state index contributed by atoms with van der Waals surface area (Å²) >= 11 is 0. The standard InChI is InChI=1S/C21H24O/c1-16-15-19(14-13-17-9-5-3-6-10-17)21(16,2)20(22)18-11-7-4-8-12-18/h3-12,19-20,22H,1,13-15H2,2H3/t19-,20-,21-/m1/s1. The minimum atomic E-state index is -0.462. The molecule has 0 saturated heterocycles. The van der Waals surface area contributed by atoms with Gasteiger partial charge in [0.15, 0.2) is 0 Å². The van der Waals surface area contributed by atoms with Crippen LogP contribution >= 0.6 is 0 Å². The third-order valence-corrected chi connectivity index (χ3v) is 5.41. The maximum Gasteiger partial charge on any atom is 0.0883 e. The summed E-state index contributed by atoms with van der Waals surface area (Å²) in [6.45, 7) is 6.38. The van der Waals surface area contributed by atoms with E-state index in [2.05, 4.69) is 43.8 Å². The summed E-state index contributed by atoms with van der Waals surface area (Å²) < 4.78 is 0. The largest absolute Gasteiger partial charge is 0.387 e. The first-order chi connectivity index (χ1) is 10.6. The molecule has 1 heteroatoms. The van der Waals surface area contributed by atoms with E-state index >= 15 is 0 Å². The third-order valence-electron chi connectivity index (χ3n) is 5.41. The lowest BCUT2D eigenvalue weighted by Gasteiger charge is -2.52. The first-order valence-electron chi connectivity index (χ1n) is 8.07. The fourth-order valence-electron chi connectivity index (χ4n) is 3.67. The van der Waals surface area contributed by atoms with Crippen LogP contribution in [0.2, 0.25) is 0 Å². The maximum atomic E-state index is 10.9. The summed E-state index contributed by atoms with van der Waals surface area (Å²) in [6.07, 6.45) is 2.74. The molecule has 0 heterocycles. The molecule has 0 radical (unpaired) electrons. The molecule has 3 atom stereocenters. The zero-order chi connectivity index (χ0) is 15.6. The number of hydrogen-bond acceptors (Lipinski definition) is 1. The quantitative estimate of drug-likeness (QED) is 0.774. The van der Waals surface area contributed by atoms with Crippen LogP contribution in [0, 0.1) is 11.3 Å². The van der Waals surface area contributed by atoms with Crippen molar-refractivity contribution in [2.75, 3.05) is 0 Å². The van der Waals surface area contributed by atoms with E-state index in [9.17, 15) is 5.11 Å². The number of benzene rings is 2. The van der Waals surface area contributed by atoms with Crippen molar-refractivity contribution in [1.82, 2.24) is 0 Å². The molecule has 1 aliphatic rings. The third kappa shape index (κ3) is 2.62. The summed E-state index contributed by atoms with van der Waals surface area (Å²) in [7, 11) is 0. The predicted octanol–water partition coefficient (Wildman–Crippen LogP) is 4.94. The highest BCUT2D eigenvalue weighted by Crippen LogP contribution is 2.58. The van der Waals surface area contributed by atoms with Crippen LogP contribution in [0.25, 0.3) is 0 Å². The van der Waals surface area contributed by atoms with Gasteiger partial charge in [0.1, 0.15) is 0 Å². The Balaban J connectivity index is 1.72. The predicted molar refractivity (Wildman–Crippen MR) is 91.5 cm³/mol. The van der Waals surface area contributed by atoms with Crippen LogP contribution in [0.15, 0.2) is 72.8 Å². The van der Waals surface area contributed by atoms with Crippen molar-refractivity contribution < 1.29 is 5.11 Å². The molecule has 114 valence electrons. The SMILES string of the molecule is C=C1C[C@@H](CCc2ccccc2)[C@]1(C)[C@H](O)c1ccccc1. The summed E-state index contributed by atoms with van der Waals surface area (Å²) in [6, 6.07) is 20.6. The van der Waals surface area contributed by atoms with Crippen molar-refractivity contribution in [1.29, 1.82) is 0 Å². The number of aliphatic hydroxyl groups excluding tert-OH is 1. The molecule has 0 unspecified atom stereocenters. The Morgan fingerprint density at radius 1 is 1.09 bits per heavy atom. The van der Waals surface area contributed by atoms with Gasteiger partial charge in [0.25, 0.3) is 0 Å². The molecule has 0 amide bonds. The van der Waals surface area contributed by atoms with E-state index in [4.69, 9.17) is 0 Å². The first kappa shape index (κ1) is 15.1. The molecular formula is C21H24O. The van der Waals surface area contributed by atoms with E-state index in [1.54, 1.807) is 0 Å². The van der Waals surface area contributed by atoms with Gasteiger partial charge < -0.3 is 5.11 Å². The Morgan fingerprint density at radius 3 is 2.27 bits per heavy atom. The van der Waals surface area contributed by atoms with Crippen molar-refractivity contribution in [2.24, 2.45) is 11.3 Å². The summed E-state index contributed by atoms with van der Waals surface area (Å²) in [5.74, 6) is 0.496. The zero-order valence-corrected chi connectivity index (χ0v) is 13.2. The topological polar surface area (TPSA) is 20.2 Å². The zero-order valence-electron chi connectivity index (χ0n) is 13.2. The fraction of sp³-hybridized carbons (Fsp3) is 0.333. The number of aryl methyl sites for hydroxylation is 1. The van der Waals surface area contributed by atoms with E-state index < -0.39 is 6.10 Å². The van der Waals surface area contributed by atoms with Crippen LogP contribution in [-0.4, -0.2) is 5.11 Å². The Bertz CT molecular complexity index is 631. The van der Waals surface area contributed by atoms with E-state index in [0.29, 0.717) is 5.92 Å². The van der Waals surface area contributed by atoms with Gasteiger partial charge in [-0.1, -0.05) is 79.7 Å². The number of hydrogen-bond donors (Lipinski definition) is 1. The van der Waals surface area contributed by atoms with Crippen LogP contribution in [0.1, 0.15) is 37.0 Å². The van der Waals surface area contributed by atoms with E-state index in [1.807, 2.05) is 30.3 Å². The highest BCUT2D eigenvalue weighted by Gasteiger charge is 2.50. The monoisotopic (exact) mass is 292 g/mol. The van der Waals surface area contributed by atoms with Gasteiger partial charge >= 0.3 is 0 Å². The minimum Gasteiger partial charge on any atom is -0.387 e. The van der Waals surface area contributed by atoms with Crippen molar-refractivity contribution in [3.8, 4) is 0 Å². The minimum absolute atomic E-state index is 0.198. The summed E-state index contributed by atoms with van der Waals surface area (Å²) in [4.78, 5) is 0. The molecule has 2 aromatic rings. The second-order valence-electron chi connectivity index (χ2n) is 6.62. The molecule has 3 rings (SSSR count). The van der Waals surface area contributed by atoms with Gasteiger partial charge in [0, 0.05) is 5.41 Å². The smallest absolute Gasteiger partial charge is 0.0883 e. The van der Waals surface area contributed by atoms with Gasteiger partial charge in [0.05, 0.1) is 6.10 Å². The lowest BCUT2D eigenvalue weighted by atomic mass is 9.53. The van der Waals surface area contributed by atoms with Gasteiger partial charge in [-0.3, -0.25) is 0 Å². The molecule has 0 spiro atoms. The molecule has 1 aliphatic carbocycles. The normalized spacial score (nSPS) is 25.5. The molecule has 1 saturated carbocycles. The fourth-order valence-corrected chi connectivity index (χ4v) is 3.67. The van der Waals surface area contributed by atoms with E-state index in [-0.39, 0.29) is 5.41 Å². The molecule has 22 heavy (non-hydrogen) atoms. The first-order valence-corrected chi connectivity index (χ1v) is 8.07. The highest BCUT2D eigenvalue weighted by atomic mass is 16.3. The molecule has 0 aromatic heterocycles. The molecule has 1 fully saturated rings. The van der Waals surface area contributed by atoms with Crippen LogP contribution in [0.4, 0.5) is 0 Å². The van der Waals surface area contributed by atoms with Crippen LogP contribution in [0.5, 0.6) is 0 Å². The van der Waals surface area contributed by atoms with Gasteiger partial charge in [-0.05, 0) is 36.3 Å². The van der Waals surface area contributed by atoms with E-state index in [0.717, 1.165) is 24.8 Å². The van der Waals surface area contributed by atoms with Gasteiger partial charge in [-0.25, -0.2) is 0 Å². The maximum absolute atomic E-state index is 10.9. The average molecular weight is 292 g/mol. The van der Waals surface area contributed by atoms with Gasteiger partial charge in [0.2, 0.25) is 0 Å². The van der Waals surface area contributed by atoms with Crippen molar-refractivity contribution in [2.45, 2.75) is 32.3 Å². The average Bonchev–Trinajstić information content (AvgIpc) is 2.58. The summed E-state index contributed by atoms with van der Waals surface area (Å²) in [5, 5.41) is 10.9. The molecule has 2 aromatic carbocycles. The molecule has 1 N–H and O–H groups in total. The van der Waals surface area contributed by atoms with Gasteiger partial charge in [-0.2, -0.15) is 0 Å². The molecule has 0 bridgehead atoms. The number of rotatable bonds is 5. The Labute approximate surface area is 133 Å². The van der Waals surface area contributed by atoms with Crippen LogP contribution in [0.3, 0.4) is 0 Å². The van der Waals surface area contributed by atoms with Crippen molar-refractivity contribution in [3.05, 3.63) is 83.9 Å². The molecule has 1 nitrogen and oxygen atoms in total. The Hall–Kier alpha value is -1.86. The highest BCUT2D eigenvalue weighted by molar-refractivity contribution is 5.31. The lowest BCUT2D eigenvalue weighted by Crippen LogP contribution is -2.45. The van der Waals surface area contributed by atoms with Gasteiger partial charge in [-0.15, -0.1) is 0 Å². The van der Waals surface area contributed by atoms with Crippen LogP contribution in [-0.2, 0) is 6.42 Å². The van der Waals surface area contributed by atoms with Crippen molar-refractivity contribution >= 4 is 0 Å². The number of aliphatic hydroxyl groups is 1. The van der Waals surface area contributed by atoms with Crippen LogP contribution < -0.4 is 0 Å². The Kier molecular flexibility index (Phi) is 4.17. The second-order valence-corrected chi connectivity index (χ2v) is 6.62. The van der Waals surface area contributed by atoms with E-state index in [1.165, 1.54) is 11.1 Å². The molecular weight excluding hydrogens is 268 g/mol. The molecule has 0 aliphatic heterocycles. The lowest BCUT2D eigenvalue weighted by molar-refractivity contribution is -0.0266. The summed E-state index contributed by atoms with van der Waals surface area (Å²) in [5.41, 5.74) is 3.35. The second kappa shape index (κ2) is 6.10.